The number of carbonyl (C=O) groups is 2. The Labute approximate surface area is 191 Å². The molecule has 1 amide bonds. The molecule has 0 radical (unpaired) electrons. The van der Waals surface area contributed by atoms with Crippen molar-refractivity contribution in [2.75, 3.05) is 13.1 Å². The molecule has 2 aliphatic heterocycles. The van der Waals surface area contributed by atoms with Crippen molar-refractivity contribution in [3.05, 3.63) is 70.3 Å². The second kappa shape index (κ2) is 8.04. The summed E-state index contributed by atoms with van der Waals surface area (Å²) in [5.41, 5.74) is -2.41. The molecule has 1 spiro atoms. The van der Waals surface area contributed by atoms with Gasteiger partial charge in [-0.2, -0.15) is 13.2 Å². The van der Waals surface area contributed by atoms with Gasteiger partial charge in [-0.05, 0) is 43.1 Å². The van der Waals surface area contributed by atoms with Gasteiger partial charge in [0, 0.05) is 31.1 Å². The minimum Gasteiger partial charge on any atom is -0.450 e. The average molecular weight is 480 g/mol. The number of benzene rings is 2. The van der Waals surface area contributed by atoms with Crippen LogP contribution in [0.15, 0.2) is 36.4 Å². The van der Waals surface area contributed by atoms with E-state index in [2.05, 4.69) is 5.32 Å². The highest BCUT2D eigenvalue weighted by molar-refractivity contribution is 5.96. The van der Waals surface area contributed by atoms with Gasteiger partial charge in [-0.1, -0.05) is 18.2 Å². The molecule has 1 saturated carbocycles. The first-order valence-corrected chi connectivity index (χ1v) is 11.0. The normalized spacial score (nSPS) is 24.1. The van der Waals surface area contributed by atoms with Gasteiger partial charge in [0.15, 0.2) is 17.2 Å². The molecule has 10 heteroatoms. The first-order chi connectivity index (χ1) is 16.1. The SMILES string of the molecule is O=C1OC2(CCNCC2C(=O)N(Cc2ccccc2C(F)(F)F)C2CC2)c2cc(F)c(F)cc21. The lowest BCUT2D eigenvalue weighted by atomic mass is 9.75. The lowest BCUT2D eigenvalue weighted by Gasteiger charge is -2.42. The number of piperidine rings is 1. The standard InChI is InChI=1S/C24H21F5N2O3/c25-19-9-15-17(10-20(19)26)23(34-22(15)33)7-8-30-11-18(23)21(32)31(14-5-6-14)12-13-3-1-2-4-16(13)24(27,28)29/h1-4,9-10,14,18,30H,5-8,11-12H2. The Balaban J connectivity index is 1.52. The molecule has 2 unspecified atom stereocenters. The zero-order valence-corrected chi connectivity index (χ0v) is 17.9. The molecule has 5 nitrogen and oxygen atoms in total. The van der Waals surface area contributed by atoms with Crippen molar-refractivity contribution in [2.45, 2.75) is 43.6 Å². The number of halogens is 5. The van der Waals surface area contributed by atoms with Crippen LogP contribution in [0.25, 0.3) is 0 Å². The van der Waals surface area contributed by atoms with Crippen LogP contribution in [0.5, 0.6) is 0 Å². The molecule has 1 aliphatic carbocycles. The van der Waals surface area contributed by atoms with E-state index in [4.69, 9.17) is 4.74 Å². The summed E-state index contributed by atoms with van der Waals surface area (Å²) in [5, 5.41) is 3.07. The molecular formula is C24H21F5N2O3. The van der Waals surface area contributed by atoms with Gasteiger partial charge >= 0.3 is 12.1 Å². The molecule has 2 fully saturated rings. The highest BCUT2D eigenvalue weighted by atomic mass is 19.4. The molecule has 180 valence electrons. The van der Waals surface area contributed by atoms with Crippen molar-refractivity contribution >= 4 is 11.9 Å². The fourth-order valence-corrected chi connectivity index (χ4v) is 5.02. The van der Waals surface area contributed by atoms with Gasteiger partial charge < -0.3 is 15.0 Å². The molecule has 2 atom stereocenters. The maximum atomic E-state index is 14.1. The van der Waals surface area contributed by atoms with Crippen LogP contribution < -0.4 is 5.32 Å². The van der Waals surface area contributed by atoms with Gasteiger partial charge in [-0.25, -0.2) is 13.6 Å². The first-order valence-electron chi connectivity index (χ1n) is 11.0. The van der Waals surface area contributed by atoms with E-state index in [0.717, 1.165) is 18.2 Å². The summed E-state index contributed by atoms with van der Waals surface area (Å²) in [4.78, 5) is 27.8. The number of hydrogen-bond acceptors (Lipinski definition) is 4. The van der Waals surface area contributed by atoms with Crippen molar-refractivity contribution < 1.29 is 36.3 Å². The van der Waals surface area contributed by atoms with Crippen LogP contribution in [-0.4, -0.2) is 35.9 Å². The Kier molecular flexibility index (Phi) is 5.38. The second-order valence-electron chi connectivity index (χ2n) is 8.95. The Hall–Kier alpha value is -3.01. The predicted octanol–water partition coefficient (Wildman–Crippen LogP) is 4.15. The van der Waals surface area contributed by atoms with E-state index in [0.29, 0.717) is 19.4 Å². The van der Waals surface area contributed by atoms with Gasteiger partial charge in [-0.15, -0.1) is 0 Å². The van der Waals surface area contributed by atoms with Crippen LogP contribution in [0, 0.1) is 17.6 Å². The van der Waals surface area contributed by atoms with Crippen molar-refractivity contribution in [2.24, 2.45) is 5.92 Å². The van der Waals surface area contributed by atoms with Crippen LogP contribution >= 0.6 is 0 Å². The number of alkyl halides is 3. The van der Waals surface area contributed by atoms with Gasteiger partial charge in [0.05, 0.1) is 17.0 Å². The summed E-state index contributed by atoms with van der Waals surface area (Å²) in [5.74, 6) is -4.71. The van der Waals surface area contributed by atoms with E-state index in [1.165, 1.54) is 23.1 Å². The van der Waals surface area contributed by atoms with E-state index >= 15 is 0 Å². The van der Waals surface area contributed by atoms with Crippen molar-refractivity contribution in [3.8, 4) is 0 Å². The van der Waals surface area contributed by atoms with Crippen LogP contribution in [-0.2, 0) is 27.9 Å². The number of nitrogens with one attached hydrogen (secondary N) is 1. The maximum Gasteiger partial charge on any atom is 0.416 e. The van der Waals surface area contributed by atoms with Gasteiger partial charge in [0.1, 0.15) is 0 Å². The topological polar surface area (TPSA) is 58.6 Å². The second-order valence-corrected chi connectivity index (χ2v) is 8.95. The summed E-state index contributed by atoms with van der Waals surface area (Å²) < 4.78 is 74.3. The van der Waals surface area contributed by atoms with E-state index in [9.17, 15) is 31.5 Å². The smallest absolute Gasteiger partial charge is 0.416 e. The van der Waals surface area contributed by atoms with Gasteiger partial charge in [0.2, 0.25) is 5.91 Å². The van der Waals surface area contributed by atoms with E-state index < -0.39 is 46.8 Å². The Morgan fingerprint density at radius 3 is 2.56 bits per heavy atom. The lowest BCUT2D eigenvalue weighted by Crippen LogP contribution is -2.55. The van der Waals surface area contributed by atoms with Crippen LogP contribution in [0.2, 0.25) is 0 Å². The highest BCUT2D eigenvalue weighted by Gasteiger charge is 2.57. The van der Waals surface area contributed by atoms with Gasteiger partial charge in [0.25, 0.3) is 0 Å². The monoisotopic (exact) mass is 480 g/mol. The molecule has 1 saturated heterocycles. The van der Waals surface area contributed by atoms with Crippen molar-refractivity contribution in [3.63, 3.8) is 0 Å². The third-order valence-electron chi connectivity index (χ3n) is 6.83. The molecule has 1 N–H and O–H groups in total. The largest absolute Gasteiger partial charge is 0.450 e. The van der Waals surface area contributed by atoms with E-state index in [1.54, 1.807) is 0 Å². The number of rotatable bonds is 4. The third kappa shape index (κ3) is 3.73. The maximum absolute atomic E-state index is 14.1. The van der Waals surface area contributed by atoms with Crippen molar-refractivity contribution in [1.29, 1.82) is 0 Å². The third-order valence-corrected chi connectivity index (χ3v) is 6.83. The molecule has 2 aromatic carbocycles. The van der Waals surface area contributed by atoms with Crippen LogP contribution in [0.1, 0.15) is 46.3 Å². The fraction of sp³-hybridized carbons (Fsp3) is 0.417. The highest BCUT2D eigenvalue weighted by Crippen LogP contribution is 2.48. The van der Waals surface area contributed by atoms with Crippen LogP contribution in [0.3, 0.4) is 0 Å². The summed E-state index contributed by atoms with van der Waals surface area (Å²) in [6.45, 7) is 0.175. The first kappa shape index (κ1) is 22.8. The number of esters is 1. The number of ether oxygens (including phenoxy) is 1. The average Bonchev–Trinajstić information content (AvgIpc) is 3.60. The summed E-state index contributed by atoms with van der Waals surface area (Å²) in [6.07, 6.45) is -3.15. The molecule has 5 rings (SSSR count). The summed E-state index contributed by atoms with van der Waals surface area (Å²) >= 11 is 0. The summed E-state index contributed by atoms with van der Waals surface area (Å²) in [7, 11) is 0. The van der Waals surface area contributed by atoms with E-state index in [-0.39, 0.29) is 42.2 Å². The lowest BCUT2D eigenvalue weighted by molar-refractivity contribution is -0.151. The summed E-state index contributed by atoms with van der Waals surface area (Å²) in [6, 6.07) is 6.50. The Morgan fingerprint density at radius 1 is 1.15 bits per heavy atom. The fourth-order valence-electron chi connectivity index (χ4n) is 5.02. The van der Waals surface area contributed by atoms with Crippen LogP contribution in [0.4, 0.5) is 22.0 Å². The minimum absolute atomic E-state index is 0.0370. The molecular weight excluding hydrogens is 459 g/mol. The van der Waals surface area contributed by atoms with Gasteiger partial charge in [-0.3, -0.25) is 4.79 Å². The molecule has 2 aromatic rings. The molecule has 34 heavy (non-hydrogen) atoms. The number of carbonyl (C=O) groups excluding carboxylic acids is 2. The number of nitrogens with zero attached hydrogens (tertiary/aromatic N) is 1. The Morgan fingerprint density at radius 2 is 1.85 bits per heavy atom. The molecule has 0 bridgehead atoms. The van der Waals surface area contributed by atoms with E-state index in [1.807, 2.05) is 0 Å². The Bertz CT molecular complexity index is 1160. The zero-order chi connectivity index (χ0) is 24.3. The number of hydrogen-bond donors (Lipinski definition) is 1. The minimum atomic E-state index is -4.58. The molecule has 3 aliphatic rings. The quantitative estimate of drug-likeness (QED) is 0.528. The number of fused-ring (bicyclic) bond motifs is 2. The van der Waals surface area contributed by atoms with Crippen molar-refractivity contribution in [1.82, 2.24) is 10.2 Å². The zero-order valence-electron chi connectivity index (χ0n) is 17.9. The molecule has 2 heterocycles. The predicted molar refractivity (Wildman–Crippen MR) is 109 cm³/mol. The number of amides is 1. The molecule has 0 aromatic heterocycles.